The molecular weight excluding hydrogens is 619 g/mol. The van der Waals surface area contributed by atoms with Crippen LogP contribution in [0.25, 0.3) is 93.6 Å². The van der Waals surface area contributed by atoms with E-state index in [0.717, 1.165) is 11.4 Å². The maximum Gasteiger partial charge on any atom is 0.0562 e. The summed E-state index contributed by atoms with van der Waals surface area (Å²) in [5, 5.41) is 7.54. The summed E-state index contributed by atoms with van der Waals surface area (Å²) < 4.78 is 7.21. The number of hydrogen-bond acceptors (Lipinski definition) is 0. The van der Waals surface area contributed by atoms with Crippen molar-refractivity contribution in [3.8, 4) is 28.2 Å². The average Bonchev–Trinajstić information content (AvgIpc) is 3.82. The first-order valence-corrected chi connectivity index (χ1v) is 17.5. The molecule has 0 aliphatic rings. The van der Waals surface area contributed by atoms with Gasteiger partial charge < -0.3 is 13.7 Å². The van der Waals surface area contributed by atoms with Crippen molar-refractivity contribution in [2.45, 2.75) is 0 Å². The second kappa shape index (κ2) is 10.8. The molecule has 0 atom stereocenters. The van der Waals surface area contributed by atoms with Crippen molar-refractivity contribution >= 4 is 65.4 Å². The van der Waals surface area contributed by atoms with E-state index in [2.05, 4.69) is 202 Å². The molecule has 0 aliphatic carbocycles. The molecular formula is C48H31N3. The molecule has 0 aliphatic heterocycles. The van der Waals surface area contributed by atoms with Crippen LogP contribution in [-0.2, 0) is 0 Å². The van der Waals surface area contributed by atoms with Crippen LogP contribution in [0.15, 0.2) is 188 Å². The Labute approximate surface area is 294 Å². The molecule has 0 unspecified atom stereocenters. The molecule has 0 N–H and O–H groups in total. The highest BCUT2D eigenvalue weighted by molar-refractivity contribution is 6.20. The summed E-state index contributed by atoms with van der Waals surface area (Å²) in [5.41, 5.74) is 13.2. The van der Waals surface area contributed by atoms with Crippen molar-refractivity contribution in [1.82, 2.24) is 13.7 Å². The van der Waals surface area contributed by atoms with E-state index in [4.69, 9.17) is 0 Å². The highest BCUT2D eigenvalue weighted by Gasteiger charge is 2.19. The van der Waals surface area contributed by atoms with Gasteiger partial charge in [0.25, 0.3) is 0 Å². The van der Waals surface area contributed by atoms with Gasteiger partial charge in [0.1, 0.15) is 0 Å². The Morgan fingerprint density at radius 3 is 1.02 bits per heavy atom. The van der Waals surface area contributed by atoms with Crippen molar-refractivity contribution in [2.24, 2.45) is 0 Å². The SMILES string of the molecule is c1ccc(-n2c3ccccc3c3cc(-c4ccc5c(c4)c4cc6c7ccccc7n(-c7ccccc7)c6cc4n5-c4ccccc4)ccc32)cc1. The topological polar surface area (TPSA) is 14.8 Å². The van der Waals surface area contributed by atoms with Crippen LogP contribution in [0.1, 0.15) is 0 Å². The Morgan fingerprint density at radius 2 is 0.549 bits per heavy atom. The summed E-state index contributed by atoms with van der Waals surface area (Å²) in [6.45, 7) is 0. The lowest BCUT2D eigenvalue weighted by molar-refractivity contribution is 1.16. The maximum atomic E-state index is 2.43. The van der Waals surface area contributed by atoms with Crippen LogP contribution in [-0.4, -0.2) is 13.7 Å². The van der Waals surface area contributed by atoms with Gasteiger partial charge in [0.05, 0.1) is 33.1 Å². The summed E-state index contributed by atoms with van der Waals surface area (Å²) in [7, 11) is 0. The molecule has 0 saturated carbocycles. The smallest absolute Gasteiger partial charge is 0.0562 e. The Hall–Kier alpha value is -6.84. The van der Waals surface area contributed by atoms with Crippen LogP contribution in [0.5, 0.6) is 0 Å². The zero-order chi connectivity index (χ0) is 33.5. The summed E-state index contributed by atoms with van der Waals surface area (Å²) in [5.74, 6) is 0. The summed E-state index contributed by atoms with van der Waals surface area (Å²) in [6.07, 6.45) is 0. The highest BCUT2D eigenvalue weighted by Crippen LogP contribution is 2.41. The quantitative estimate of drug-likeness (QED) is 0.180. The van der Waals surface area contributed by atoms with E-state index in [9.17, 15) is 0 Å². The molecule has 0 radical (unpaired) electrons. The lowest BCUT2D eigenvalue weighted by Gasteiger charge is -2.10. The first kappa shape index (κ1) is 28.0. The predicted octanol–water partition coefficient (Wildman–Crippen LogP) is 12.6. The predicted molar refractivity (Wildman–Crippen MR) is 215 cm³/mol. The van der Waals surface area contributed by atoms with Crippen LogP contribution < -0.4 is 0 Å². The van der Waals surface area contributed by atoms with Gasteiger partial charge in [-0.25, -0.2) is 0 Å². The Bertz CT molecular complexity index is 3110. The molecule has 3 aromatic heterocycles. The highest BCUT2D eigenvalue weighted by atomic mass is 15.0. The molecule has 0 fully saturated rings. The van der Waals surface area contributed by atoms with E-state index in [0.29, 0.717) is 0 Å². The van der Waals surface area contributed by atoms with Crippen LogP contribution in [0.3, 0.4) is 0 Å². The molecule has 0 amide bonds. The molecule has 238 valence electrons. The van der Waals surface area contributed by atoms with E-state index in [1.165, 1.54) is 82.2 Å². The Balaban J connectivity index is 1.19. The zero-order valence-electron chi connectivity index (χ0n) is 27.7. The van der Waals surface area contributed by atoms with Crippen molar-refractivity contribution in [3.05, 3.63) is 188 Å². The number of rotatable bonds is 4. The zero-order valence-corrected chi connectivity index (χ0v) is 27.7. The van der Waals surface area contributed by atoms with Crippen LogP contribution in [0, 0.1) is 0 Å². The molecule has 11 aromatic rings. The molecule has 8 aromatic carbocycles. The number of para-hydroxylation sites is 5. The number of benzene rings is 8. The number of nitrogens with zero attached hydrogens (tertiary/aromatic N) is 3. The minimum atomic E-state index is 1.15. The summed E-state index contributed by atoms with van der Waals surface area (Å²) in [4.78, 5) is 0. The van der Waals surface area contributed by atoms with Crippen molar-refractivity contribution < 1.29 is 0 Å². The van der Waals surface area contributed by atoms with Gasteiger partial charge in [-0.1, -0.05) is 103 Å². The van der Waals surface area contributed by atoms with E-state index in [1.54, 1.807) is 0 Å². The number of hydrogen-bond donors (Lipinski definition) is 0. The normalized spacial score (nSPS) is 11.9. The molecule has 0 bridgehead atoms. The average molecular weight is 650 g/mol. The monoisotopic (exact) mass is 649 g/mol. The lowest BCUT2D eigenvalue weighted by Crippen LogP contribution is -1.95. The third-order valence-electron chi connectivity index (χ3n) is 10.6. The van der Waals surface area contributed by atoms with Crippen LogP contribution in [0.4, 0.5) is 0 Å². The second-order valence-corrected chi connectivity index (χ2v) is 13.4. The standard InChI is InChI=1S/C48H31N3/c1-4-14-34(15-5-1)49-43-22-12-10-20-37(43)39-28-32(24-26-45(39)49)33-25-27-46-40(29-33)42-30-41-38-21-11-13-23-44(38)50(35-16-6-2-7-17-35)47(41)31-48(42)51(46)36-18-8-3-9-19-36/h1-31H. The molecule has 3 nitrogen and oxygen atoms in total. The number of fused-ring (bicyclic) bond motifs is 9. The molecule has 51 heavy (non-hydrogen) atoms. The van der Waals surface area contributed by atoms with E-state index in [-0.39, 0.29) is 0 Å². The van der Waals surface area contributed by atoms with Crippen molar-refractivity contribution in [1.29, 1.82) is 0 Å². The van der Waals surface area contributed by atoms with E-state index < -0.39 is 0 Å². The van der Waals surface area contributed by atoms with E-state index in [1.807, 2.05) is 0 Å². The minimum Gasteiger partial charge on any atom is -0.309 e. The van der Waals surface area contributed by atoms with Gasteiger partial charge in [-0.15, -0.1) is 0 Å². The summed E-state index contributed by atoms with van der Waals surface area (Å²) >= 11 is 0. The third-order valence-corrected chi connectivity index (χ3v) is 10.6. The fourth-order valence-electron chi connectivity index (χ4n) is 8.38. The number of aromatic nitrogens is 3. The first-order chi connectivity index (χ1) is 25.3. The minimum absolute atomic E-state index is 1.15. The Kier molecular flexibility index (Phi) is 5.96. The van der Waals surface area contributed by atoms with Crippen molar-refractivity contribution in [3.63, 3.8) is 0 Å². The van der Waals surface area contributed by atoms with Gasteiger partial charge in [0.15, 0.2) is 0 Å². The van der Waals surface area contributed by atoms with Crippen molar-refractivity contribution in [2.75, 3.05) is 0 Å². The van der Waals surface area contributed by atoms with Gasteiger partial charge in [0, 0.05) is 49.4 Å². The van der Waals surface area contributed by atoms with Crippen LogP contribution in [0.2, 0.25) is 0 Å². The fourth-order valence-corrected chi connectivity index (χ4v) is 8.38. The molecule has 3 heteroatoms. The van der Waals surface area contributed by atoms with Gasteiger partial charge in [-0.2, -0.15) is 0 Å². The third kappa shape index (κ3) is 4.12. The van der Waals surface area contributed by atoms with Gasteiger partial charge in [0.2, 0.25) is 0 Å². The van der Waals surface area contributed by atoms with Gasteiger partial charge in [-0.05, 0) is 96.1 Å². The summed E-state index contributed by atoms with van der Waals surface area (Å²) in [6, 6.07) is 68.4. The molecule has 11 rings (SSSR count). The van der Waals surface area contributed by atoms with Gasteiger partial charge in [-0.3, -0.25) is 0 Å². The Morgan fingerprint density at radius 1 is 0.216 bits per heavy atom. The van der Waals surface area contributed by atoms with Crippen LogP contribution >= 0.6 is 0 Å². The fraction of sp³-hybridized carbons (Fsp3) is 0. The molecule has 0 spiro atoms. The van der Waals surface area contributed by atoms with E-state index >= 15 is 0 Å². The molecule has 3 heterocycles. The molecule has 0 saturated heterocycles. The second-order valence-electron chi connectivity index (χ2n) is 13.4. The first-order valence-electron chi connectivity index (χ1n) is 17.5. The maximum absolute atomic E-state index is 2.43. The van der Waals surface area contributed by atoms with Gasteiger partial charge >= 0.3 is 0 Å². The lowest BCUT2D eigenvalue weighted by atomic mass is 10.00. The largest absolute Gasteiger partial charge is 0.309 e.